The fourth-order valence-electron chi connectivity index (χ4n) is 2.90. The van der Waals surface area contributed by atoms with Gasteiger partial charge >= 0.3 is 0 Å². The van der Waals surface area contributed by atoms with Crippen molar-refractivity contribution in [1.29, 1.82) is 0 Å². The molecule has 0 bridgehead atoms. The Hall–Kier alpha value is -2.17. The van der Waals surface area contributed by atoms with E-state index in [0.29, 0.717) is 17.7 Å². The van der Waals surface area contributed by atoms with Crippen LogP contribution in [0.15, 0.2) is 48.5 Å². The maximum Gasteiger partial charge on any atom is 0.160 e. The van der Waals surface area contributed by atoms with E-state index in [2.05, 4.69) is 0 Å². The Balaban J connectivity index is 2.47. The molecule has 4 heteroatoms. The Kier molecular flexibility index (Phi) is 5.98. The van der Waals surface area contributed by atoms with Gasteiger partial charge in [0.1, 0.15) is 5.75 Å². The Labute approximate surface area is 150 Å². The lowest BCUT2D eigenvalue weighted by atomic mass is 9.92. The minimum atomic E-state index is -0.557. The summed E-state index contributed by atoms with van der Waals surface area (Å²) >= 11 is 0. The van der Waals surface area contributed by atoms with Crippen LogP contribution in [0.25, 0.3) is 0 Å². The Morgan fingerprint density at radius 1 is 1.12 bits per heavy atom. The number of ketones is 1. The third-order valence-electron chi connectivity index (χ3n) is 4.23. The number of hydrogen-bond donors (Lipinski definition) is 0. The Morgan fingerprint density at radius 3 is 2.40 bits per heavy atom. The normalized spacial score (nSPS) is 12.9. The molecule has 4 nitrogen and oxygen atoms in total. The summed E-state index contributed by atoms with van der Waals surface area (Å²) in [7, 11) is 1.61. The van der Waals surface area contributed by atoms with E-state index < -0.39 is 11.6 Å². The van der Waals surface area contributed by atoms with Gasteiger partial charge in [0, 0.05) is 11.1 Å². The maximum absolute atomic E-state index is 13.0. The van der Waals surface area contributed by atoms with Crippen molar-refractivity contribution in [3.63, 3.8) is 0 Å². The molecule has 0 fully saturated rings. The van der Waals surface area contributed by atoms with Crippen molar-refractivity contribution in [2.75, 3.05) is 7.11 Å². The Bertz CT molecular complexity index is 734. The second kappa shape index (κ2) is 7.81. The van der Waals surface area contributed by atoms with Crippen LogP contribution in [0.1, 0.15) is 55.2 Å². The molecule has 0 N–H and O–H groups in total. The highest BCUT2D eigenvalue weighted by Gasteiger charge is 2.31. The molecular weight excluding hydrogens is 314 g/mol. The second-order valence-corrected chi connectivity index (χ2v) is 7.21. The quantitative estimate of drug-likeness (QED) is 0.569. The minimum Gasteiger partial charge on any atom is -0.497 e. The van der Waals surface area contributed by atoms with Crippen molar-refractivity contribution in [1.82, 2.24) is 5.06 Å². The summed E-state index contributed by atoms with van der Waals surface area (Å²) in [6, 6.07) is 14.6. The monoisotopic (exact) mass is 340 g/mol. The number of ether oxygens (including phenoxy) is 1. The molecule has 0 spiro atoms. The first kappa shape index (κ1) is 19.2. The molecule has 0 amide bonds. The van der Waals surface area contributed by atoms with Crippen LogP contribution in [0, 0.1) is 0 Å². The van der Waals surface area contributed by atoms with Gasteiger partial charge in [-0.25, -0.2) is 0 Å². The van der Waals surface area contributed by atoms with E-state index in [1.54, 1.807) is 14.0 Å². The zero-order chi connectivity index (χ0) is 18.6. The number of rotatable bonds is 6. The molecular formula is C21H26NO3. The van der Waals surface area contributed by atoms with Gasteiger partial charge in [0.15, 0.2) is 5.78 Å². The summed E-state index contributed by atoms with van der Waals surface area (Å²) in [5, 5.41) is 14.2. The number of hydrogen-bond acceptors (Lipinski definition) is 3. The van der Waals surface area contributed by atoms with Gasteiger partial charge < -0.3 is 4.74 Å². The van der Waals surface area contributed by atoms with Crippen LogP contribution < -0.4 is 4.74 Å². The molecule has 0 aromatic heterocycles. The van der Waals surface area contributed by atoms with E-state index in [0.717, 1.165) is 16.2 Å². The summed E-state index contributed by atoms with van der Waals surface area (Å²) < 4.78 is 5.31. The van der Waals surface area contributed by atoms with Crippen LogP contribution >= 0.6 is 0 Å². The van der Waals surface area contributed by atoms with E-state index in [1.807, 2.05) is 69.3 Å². The standard InChI is InChI=1S/C21H26NO3/c1-15(23)19-12-7-6-9-16(19)14-20(22(24)21(2,3)4)17-10-8-11-18(13-17)25-5/h6-13,20H,14H2,1-5H3. The van der Waals surface area contributed by atoms with E-state index in [4.69, 9.17) is 4.74 Å². The van der Waals surface area contributed by atoms with Crippen molar-refractivity contribution >= 4 is 5.78 Å². The Morgan fingerprint density at radius 2 is 1.80 bits per heavy atom. The number of benzene rings is 2. The highest BCUT2D eigenvalue weighted by molar-refractivity contribution is 5.95. The average Bonchev–Trinajstić information content (AvgIpc) is 2.58. The van der Waals surface area contributed by atoms with Gasteiger partial charge in [0.25, 0.3) is 0 Å². The number of carbonyl (C=O) groups excluding carboxylic acids is 1. The van der Waals surface area contributed by atoms with Crippen molar-refractivity contribution in [3.05, 3.63) is 65.2 Å². The SMILES string of the molecule is COc1cccc(C(Cc2ccccc2C(C)=O)N([O])C(C)(C)C)c1. The number of carbonyl (C=O) groups is 1. The van der Waals surface area contributed by atoms with Gasteiger partial charge in [-0.15, -0.1) is 10.3 Å². The molecule has 2 rings (SSSR count). The van der Waals surface area contributed by atoms with Crippen LogP contribution in [-0.4, -0.2) is 23.5 Å². The van der Waals surface area contributed by atoms with E-state index in [1.165, 1.54) is 0 Å². The molecule has 0 saturated carbocycles. The average molecular weight is 340 g/mol. The number of nitrogens with zero attached hydrogens (tertiary/aromatic N) is 1. The zero-order valence-corrected chi connectivity index (χ0v) is 15.6. The van der Waals surface area contributed by atoms with E-state index in [9.17, 15) is 10.0 Å². The molecule has 1 atom stereocenters. The second-order valence-electron chi connectivity index (χ2n) is 7.21. The van der Waals surface area contributed by atoms with Crippen LogP contribution in [0.5, 0.6) is 5.75 Å². The van der Waals surface area contributed by atoms with Crippen molar-refractivity contribution in [2.45, 2.75) is 45.7 Å². The predicted octanol–water partition coefficient (Wildman–Crippen LogP) is 4.63. The predicted molar refractivity (Wildman–Crippen MR) is 98.2 cm³/mol. The largest absolute Gasteiger partial charge is 0.497 e. The number of Topliss-reactive ketones (excluding diaryl/α,β-unsaturated/α-hetero) is 1. The van der Waals surface area contributed by atoms with Gasteiger partial charge in [-0.2, -0.15) is 0 Å². The minimum absolute atomic E-state index is 0.00759. The molecule has 0 saturated heterocycles. The van der Waals surface area contributed by atoms with Crippen molar-refractivity contribution < 1.29 is 14.7 Å². The molecule has 1 unspecified atom stereocenters. The highest BCUT2D eigenvalue weighted by atomic mass is 16.5. The molecule has 0 heterocycles. The first-order valence-corrected chi connectivity index (χ1v) is 8.43. The molecule has 2 aromatic rings. The van der Waals surface area contributed by atoms with E-state index >= 15 is 0 Å². The topological polar surface area (TPSA) is 49.4 Å². The van der Waals surface area contributed by atoms with Gasteiger partial charge in [0.05, 0.1) is 13.2 Å². The zero-order valence-electron chi connectivity index (χ0n) is 15.6. The lowest BCUT2D eigenvalue weighted by Crippen LogP contribution is -2.41. The summed E-state index contributed by atoms with van der Waals surface area (Å²) in [4.78, 5) is 11.9. The highest BCUT2D eigenvalue weighted by Crippen LogP contribution is 2.32. The van der Waals surface area contributed by atoms with Crippen LogP contribution in [0.2, 0.25) is 0 Å². The number of hydroxylamine groups is 2. The number of methoxy groups -OCH3 is 1. The summed E-state index contributed by atoms with van der Waals surface area (Å²) in [6.45, 7) is 7.23. The third kappa shape index (κ3) is 4.68. The van der Waals surface area contributed by atoms with Crippen LogP contribution in [0.4, 0.5) is 0 Å². The lowest BCUT2D eigenvalue weighted by Gasteiger charge is -2.35. The molecule has 1 radical (unpaired) electrons. The first-order valence-electron chi connectivity index (χ1n) is 8.43. The van der Waals surface area contributed by atoms with Crippen molar-refractivity contribution in [3.8, 4) is 5.75 Å². The molecule has 0 aliphatic heterocycles. The van der Waals surface area contributed by atoms with Gasteiger partial charge in [-0.3, -0.25) is 4.79 Å². The molecule has 25 heavy (non-hydrogen) atoms. The molecule has 0 aliphatic rings. The fraction of sp³-hybridized carbons (Fsp3) is 0.381. The van der Waals surface area contributed by atoms with Crippen LogP contribution in [0.3, 0.4) is 0 Å². The van der Waals surface area contributed by atoms with Gasteiger partial charge in [0.2, 0.25) is 0 Å². The van der Waals surface area contributed by atoms with Gasteiger partial charge in [-0.1, -0.05) is 36.4 Å². The molecule has 133 valence electrons. The van der Waals surface area contributed by atoms with E-state index in [-0.39, 0.29) is 5.78 Å². The van der Waals surface area contributed by atoms with Crippen molar-refractivity contribution in [2.24, 2.45) is 0 Å². The summed E-state index contributed by atoms with van der Waals surface area (Å²) in [5.41, 5.74) is 1.87. The van der Waals surface area contributed by atoms with Crippen LogP contribution in [-0.2, 0) is 11.6 Å². The molecule has 2 aromatic carbocycles. The fourth-order valence-corrected chi connectivity index (χ4v) is 2.90. The summed E-state index contributed by atoms with van der Waals surface area (Å²) in [5.74, 6) is 0.720. The molecule has 0 aliphatic carbocycles. The smallest absolute Gasteiger partial charge is 0.160 e. The summed E-state index contributed by atoms with van der Waals surface area (Å²) in [6.07, 6.45) is 0.462. The first-order chi connectivity index (χ1) is 11.7. The maximum atomic E-state index is 13.0. The third-order valence-corrected chi connectivity index (χ3v) is 4.23. The lowest BCUT2D eigenvalue weighted by molar-refractivity contribution is -0.241. The van der Waals surface area contributed by atoms with Gasteiger partial charge in [-0.05, 0) is 57.4 Å².